The maximum atomic E-state index is 9.27. The molecule has 1 rings (SSSR count). The minimum absolute atomic E-state index is 0.0769. The van der Waals surface area contributed by atoms with E-state index in [1.54, 1.807) is 0 Å². The van der Waals surface area contributed by atoms with Crippen LogP contribution in [0.15, 0.2) is 30.3 Å². The smallest absolute Gasteiger partial charge is 0.0626 e. The number of aliphatic hydroxyl groups excluding tert-OH is 1. The van der Waals surface area contributed by atoms with E-state index in [0.29, 0.717) is 0 Å². The average molecular weight is 225 g/mol. The van der Waals surface area contributed by atoms with Gasteiger partial charge in [-0.1, -0.05) is 30.3 Å². The lowest BCUT2D eigenvalue weighted by Gasteiger charge is -2.16. The Kier molecular flexibility index (Phi) is 6.48. The van der Waals surface area contributed by atoms with Crippen LogP contribution < -0.4 is 5.32 Å². The molecule has 0 aliphatic heterocycles. The normalized spacial score (nSPS) is 12.7. The van der Waals surface area contributed by atoms with E-state index in [0.717, 1.165) is 18.5 Å². The summed E-state index contributed by atoms with van der Waals surface area (Å²) in [4.78, 5) is 0. The summed E-state index contributed by atoms with van der Waals surface area (Å²) in [5, 5.41) is 12.6. The van der Waals surface area contributed by atoms with Gasteiger partial charge in [-0.25, -0.2) is 0 Å². The van der Waals surface area contributed by atoms with Crippen LogP contribution in [0.25, 0.3) is 0 Å². The van der Waals surface area contributed by atoms with Crippen molar-refractivity contribution >= 4 is 11.8 Å². The predicted octanol–water partition coefficient (Wildman–Crippen LogP) is 2.06. The number of hydrogen-bond acceptors (Lipinski definition) is 3. The summed E-state index contributed by atoms with van der Waals surface area (Å²) in [5.74, 6) is 1.17. The first-order chi connectivity index (χ1) is 7.38. The third-order valence-electron chi connectivity index (χ3n) is 2.30. The molecule has 2 nitrogen and oxygen atoms in total. The summed E-state index contributed by atoms with van der Waals surface area (Å²) in [6.07, 6.45) is 3.26. The molecule has 1 aromatic rings. The first-order valence-corrected chi connectivity index (χ1v) is 6.66. The number of thioether (sulfide) groups is 1. The quantitative estimate of drug-likeness (QED) is 0.697. The first-order valence-electron chi connectivity index (χ1n) is 5.26. The first kappa shape index (κ1) is 12.6. The predicted molar refractivity (Wildman–Crippen MR) is 67.3 cm³/mol. The van der Waals surface area contributed by atoms with Gasteiger partial charge >= 0.3 is 0 Å². The van der Waals surface area contributed by atoms with Crippen molar-refractivity contribution in [3.05, 3.63) is 35.9 Å². The molecule has 0 unspecified atom stereocenters. The highest BCUT2D eigenvalue weighted by Gasteiger charge is 2.07. The van der Waals surface area contributed by atoms with E-state index in [2.05, 4.69) is 11.6 Å². The van der Waals surface area contributed by atoms with Crippen LogP contribution in [0.1, 0.15) is 18.0 Å². The Morgan fingerprint density at radius 1 is 1.33 bits per heavy atom. The molecule has 0 aromatic heterocycles. The van der Waals surface area contributed by atoms with Gasteiger partial charge in [0.15, 0.2) is 0 Å². The van der Waals surface area contributed by atoms with E-state index >= 15 is 0 Å². The van der Waals surface area contributed by atoms with Crippen LogP contribution in [0, 0.1) is 0 Å². The highest BCUT2D eigenvalue weighted by atomic mass is 32.2. The van der Waals surface area contributed by atoms with E-state index in [1.165, 1.54) is 5.75 Å². The van der Waals surface area contributed by atoms with Crippen molar-refractivity contribution in [1.29, 1.82) is 0 Å². The van der Waals surface area contributed by atoms with E-state index in [9.17, 15) is 5.11 Å². The summed E-state index contributed by atoms with van der Waals surface area (Å²) in [6.45, 7) is 1.12. The zero-order chi connectivity index (χ0) is 10.9. The lowest BCUT2D eigenvalue weighted by Crippen LogP contribution is -2.25. The zero-order valence-electron chi connectivity index (χ0n) is 9.15. The summed E-state index contributed by atoms with van der Waals surface area (Å²) in [5.41, 5.74) is 1.16. The Morgan fingerprint density at radius 2 is 2.07 bits per heavy atom. The van der Waals surface area contributed by atoms with Crippen LogP contribution in [0.5, 0.6) is 0 Å². The monoisotopic (exact) mass is 225 g/mol. The van der Waals surface area contributed by atoms with E-state index < -0.39 is 0 Å². The van der Waals surface area contributed by atoms with E-state index in [4.69, 9.17) is 0 Å². The minimum atomic E-state index is 0.0769. The molecule has 0 heterocycles. The molecular weight excluding hydrogens is 206 g/mol. The molecule has 0 bridgehead atoms. The van der Waals surface area contributed by atoms with Gasteiger partial charge in [0, 0.05) is 0 Å². The number of aliphatic hydroxyl groups is 1. The second kappa shape index (κ2) is 7.74. The van der Waals surface area contributed by atoms with Crippen LogP contribution in [0.4, 0.5) is 0 Å². The van der Waals surface area contributed by atoms with Gasteiger partial charge in [-0.15, -0.1) is 0 Å². The minimum Gasteiger partial charge on any atom is -0.394 e. The Balaban J connectivity index is 2.36. The Morgan fingerprint density at radius 3 is 2.67 bits per heavy atom. The van der Waals surface area contributed by atoms with Gasteiger partial charge in [-0.2, -0.15) is 11.8 Å². The van der Waals surface area contributed by atoms with Gasteiger partial charge in [0.05, 0.1) is 12.6 Å². The largest absolute Gasteiger partial charge is 0.394 e. The molecule has 0 saturated heterocycles. The van der Waals surface area contributed by atoms with Crippen molar-refractivity contribution in [2.45, 2.75) is 12.5 Å². The SMILES string of the molecule is CSCCCN[C@@H](CO)c1ccccc1. The van der Waals surface area contributed by atoms with Crippen molar-refractivity contribution in [2.24, 2.45) is 0 Å². The number of rotatable bonds is 7. The zero-order valence-corrected chi connectivity index (χ0v) is 9.96. The topological polar surface area (TPSA) is 32.3 Å². The fourth-order valence-corrected chi connectivity index (χ4v) is 1.90. The number of hydrogen-bond donors (Lipinski definition) is 2. The average Bonchev–Trinajstić information content (AvgIpc) is 2.30. The summed E-state index contributed by atoms with van der Waals surface area (Å²) >= 11 is 1.85. The van der Waals surface area contributed by atoms with Gasteiger partial charge in [0.25, 0.3) is 0 Å². The van der Waals surface area contributed by atoms with E-state index in [-0.39, 0.29) is 12.6 Å². The molecule has 0 fully saturated rings. The fourth-order valence-electron chi connectivity index (χ4n) is 1.47. The van der Waals surface area contributed by atoms with E-state index in [1.807, 2.05) is 42.1 Å². The molecule has 15 heavy (non-hydrogen) atoms. The molecular formula is C12H19NOS. The van der Waals surface area contributed by atoms with Gasteiger partial charge < -0.3 is 10.4 Å². The van der Waals surface area contributed by atoms with Crippen molar-refractivity contribution in [2.75, 3.05) is 25.2 Å². The molecule has 2 N–H and O–H groups in total. The maximum Gasteiger partial charge on any atom is 0.0626 e. The summed E-state index contributed by atoms with van der Waals surface area (Å²) in [7, 11) is 0. The van der Waals surface area contributed by atoms with Crippen LogP contribution in [-0.4, -0.2) is 30.3 Å². The molecule has 84 valence electrons. The van der Waals surface area contributed by atoms with Gasteiger partial charge in [-0.3, -0.25) is 0 Å². The molecule has 1 aromatic carbocycles. The molecule has 1 atom stereocenters. The molecule has 3 heteroatoms. The molecule has 0 spiro atoms. The van der Waals surface area contributed by atoms with Crippen LogP contribution in [-0.2, 0) is 0 Å². The molecule has 0 amide bonds. The number of benzene rings is 1. The second-order valence-corrected chi connectivity index (χ2v) is 4.43. The highest BCUT2D eigenvalue weighted by Crippen LogP contribution is 2.11. The van der Waals surface area contributed by atoms with Crippen molar-refractivity contribution < 1.29 is 5.11 Å². The highest BCUT2D eigenvalue weighted by molar-refractivity contribution is 7.98. The van der Waals surface area contributed by atoms with Crippen molar-refractivity contribution in [3.8, 4) is 0 Å². The fraction of sp³-hybridized carbons (Fsp3) is 0.500. The van der Waals surface area contributed by atoms with Crippen LogP contribution in [0.2, 0.25) is 0 Å². The third-order valence-corrected chi connectivity index (χ3v) is 3.00. The summed E-state index contributed by atoms with van der Waals surface area (Å²) in [6, 6.07) is 10.2. The summed E-state index contributed by atoms with van der Waals surface area (Å²) < 4.78 is 0. The molecule has 0 aliphatic rings. The standard InChI is InChI=1S/C12H19NOS/c1-15-9-5-8-13-12(10-14)11-6-3-2-4-7-11/h2-4,6-7,12-14H,5,8-10H2,1H3/t12-/m0/s1. The molecule has 0 radical (unpaired) electrons. The third kappa shape index (κ3) is 4.69. The van der Waals surface area contributed by atoms with Crippen LogP contribution >= 0.6 is 11.8 Å². The maximum absolute atomic E-state index is 9.27. The Bertz CT molecular complexity index is 253. The van der Waals surface area contributed by atoms with Gasteiger partial charge in [-0.05, 0) is 30.5 Å². The molecule has 0 aliphatic carbocycles. The van der Waals surface area contributed by atoms with Gasteiger partial charge in [0.2, 0.25) is 0 Å². The lowest BCUT2D eigenvalue weighted by atomic mass is 10.1. The Labute approximate surface area is 96.1 Å². The second-order valence-electron chi connectivity index (χ2n) is 3.45. The van der Waals surface area contributed by atoms with Crippen molar-refractivity contribution in [1.82, 2.24) is 5.32 Å². The van der Waals surface area contributed by atoms with Gasteiger partial charge in [0.1, 0.15) is 0 Å². The van der Waals surface area contributed by atoms with Crippen molar-refractivity contribution in [3.63, 3.8) is 0 Å². The van der Waals surface area contributed by atoms with Crippen LogP contribution in [0.3, 0.4) is 0 Å². The molecule has 0 saturated carbocycles. The number of nitrogens with one attached hydrogen (secondary N) is 1. The lowest BCUT2D eigenvalue weighted by molar-refractivity contribution is 0.245. The Hall–Kier alpha value is -0.510.